The number of benzene rings is 6. The summed E-state index contributed by atoms with van der Waals surface area (Å²) in [5.74, 6) is 0. The Balaban J connectivity index is 1.33. The minimum absolute atomic E-state index is 0.685. The molecule has 0 unspecified atom stereocenters. The van der Waals surface area contributed by atoms with Crippen LogP contribution < -0.4 is 4.90 Å². The maximum absolute atomic E-state index is 6.51. The summed E-state index contributed by atoms with van der Waals surface area (Å²) in [6, 6.07) is 47.9. The molecule has 9 aromatic rings. The van der Waals surface area contributed by atoms with Crippen LogP contribution in [0.4, 0.5) is 17.1 Å². The number of hydrogen-bond donors (Lipinski definition) is 0. The topological polar surface area (TPSA) is 34.5 Å². The molecule has 3 heterocycles. The molecule has 43 heavy (non-hydrogen) atoms. The minimum Gasteiger partial charge on any atom is -0.456 e. The lowest BCUT2D eigenvalue weighted by Gasteiger charge is -2.25. The molecule has 0 saturated carbocycles. The molecular weight excluding hydrogens is 552 g/mol. The molecule has 204 valence electrons. The normalized spacial score (nSPS) is 11.8. The Kier molecular flexibility index (Phi) is 5.22. The second kappa shape index (κ2) is 9.28. The van der Waals surface area contributed by atoms with Crippen LogP contribution in [0.5, 0.6) is 0 Å². The second-order valence-electron chi connectivity index (χ2n) is 10.7. The number of fused-ring (bicyclic) bond motifs is 8. The molecule has 0 fully saturated rings. The van der Waals surface area contributed by atoms with Crippen LogP contribution in [0.3, 0.4) is 0 Å². The lowest BCUT2D eigenvalue weighted by Crippen LogP contribution is -2.10. The van der Waals surface area contributed by atoms with E-state index in [0.29, 0.717) is 5.02 Å². The summed E-state index contributed by atoms with van der Waals surface area (Å²) in [7, 11) is 0. The Morgan fingerprint density at radius 1 is 0.488 bits per heavy atom. The van der Waals surface area contributed by atoms with Crippen LogP contribution in [0, 0.1) is 0 Å². The van der Waals surface area contributed by atoms with Crippen LogP contribution in [-0.4, -0.2) is 4.57 Å². The van der Waals surface area contributed by atoms with Crippen LogP contribution >= 0.6 is 11.6 Å². The van der Waals surface area contributed by atoms with E-state index in [1.807, 2.05) is 42.5 Å². The van der Waals surface area contributed by atoms with Crippen molar-refractivity contribution >= 4 is 83.6 Å². The molecule has 3 aromatic heterocycles. The quantitative estimate of drug-likeness (QED) is 0.210. The molecule has 4 nitrogen and oxygen atoms in total. The van der Waals surface area contributed by atoms with Gasteiger partial charge in [0.2, 0.25) is 5.71 Å². The summed E-state index contributed by atoms with van der Waals surface area (Å²) in [4.78, 5) is 2.29. The molecular formula is C38H23ClN2O2. The van der Waals surface area contributed by atoms with Gasteiger partial charge in [0.25, 0.3) is 0 Å². The number of para-hydroxylation sites is 3. The molecule has 0 bridgehead atoms. The van der Waals surface area contributed by atoms with Crippen LogP contribution in [0.2, 0.25) is 5.02 Å². The third kappa shape index (κ3) is 3.70. The smallest absolute Gasteiger partial charge is 0.213 e. The lowest BCUT2D eigenvalue weighted by molar-refractivity contribution is 0.645. The van der Waals surface area contributed by atoms with Gasteiger partial charge < -0.3 is 13.7 Å². The predicted molar refractivity (Wildman–Crippen MR) is 178 cm³/mol. The average Bonchev–Trinajstić information content (AvgIpc) is 3.70. The zero-order valence-corrected chi connectivity index (χ0v) is 23.6. The molecule has 6 aromatic carbocycles. The Labute approximate surface area is 251 Å². The zero-order valence-electron chi connectivity index (χ0n) is 22.9. The SMILES string of the molecule is Clc1ccc2oc3c(c2c1)c1ccc(N(c2ccccc2)c2ccc4oc5ccccc5c4c2)cc1n3-c1ccccc1. The number of hydrogen-bond acceptors (Lipinski definition) is 3. The summed E-state index contributed by atoms with van der Waals surface area (Å²) >= 11 is 6.46. The van der Waals surface area contributed by atoms with Crippen molar-refractivity contribution in [3.8, 4) is 5.69 Å². The van der Waals surface area contributed by atoms with E-state index in [2.05, 4.69) is 107 Å². The van der Waals surface area contributed by atoms with E-state index in [9.17, 15) is 0 Å². The molecule has 0 saturated heterocycles. The second-order valence-corrected chi connectivity index (χ2v) is 11.2. The standard InChI is InChI=1S/C38H23ClN2O2/c39-24-15-19-36-32(21-24)37-30-18-16-28(23-33(30)41(38(37)43-36)26-11-5-2-6-12-26)40(25-9-3-1-4-10-25)27-17-20-35-31(22-27)29-13-7-8-14-34(29)42-35/h1-23H. The maximum atomic E-state index is 6.51. The van der Waals surface area contributed by atoms with Crippen molar-refractivity contribution in [2.45, 2.75) is 0 Å². The van der Waals surface area contributed by atoms with Gasteiger partial charge in [-0.2, -0.15) is 0 Å². The van der Waals surface area contributed by atoms with Crippen molar-refractivity contribution in [3.05, 3.63) is 145 Å². The number of rotatable bonds is 4. The first kappa shape index (κ1) is 24.2. The van der Waals surface area contributed by atoms with Crippen molar-refractivity contribution in [2.24, 2.45) is 0 Å². The van der Waals surface area contributed by atoms with Crippen LogP contribution in [-0.2, 0) is 0 Å². The number of aromatic nitrogens is 1. The highest BCUT2D eigenvalue weighted by Crippen LogP contribution is 2.44. The van der Waals surface area contributed by atoms with Gasteiger partial charge in [0, 0.05) is 49.3 Å². The molecule has 9 rings (SSSR count). The van der Waals surface area contributed by atoms with E-state index in [1.54, 1.807) is 0 Å². The molecule has 0 spiro atoms. The van der Waals surface area contributed by atoms with Crippen molar-refractivity contribution in [2.75, 3.05) is 4.90 Å². The highest BCUT2D eigenvalue weighted by Gasteiger charge is 2.22. The van der Waals surface area contributed by atoms with Crippen molar-refractivity contribution in [1.29, 1.82) is 0 Å². The monoisotopic (exact) mass is 574 g/mol. The first-order chi connectivity index (χ1) is 21.2. The van der Waals surface area contributed by atoms with Gasteiger partial charge in [-0.25, -0.2) is 0 Å². The summed E-state index contributed by atoms with van der Waals surface area (Å²) in [6.07, 6.45) is 0. The van der Waals surface area contributed by atoms with Crippen molar-refractivity contribution < 1.29 is 8.83 Å². The number of anilines is 3. The Bertz CT molecular complexity index is 2470. The molecule has 0 aliphatic carbocycles. The van der Waals surface area contributed by atoms with E-state index in [0.717, 1.165) is 77.7 Å². The largest absolute Gasteiger partial charge is 0.456 e. The van der Waals surface area contributed by atoms with Crippen LogP contribution in [0.1, 0.15) is 0 Å². The number of nitrogens with zero attached hydrogens (tertiary/aromatic N) is 2. The molecule has 0 aliphatic rings. The molecule has 0 amide bonds. The molecule has 0 atom stereocenters. The van der Waals surface area contributed by atoms with Gasteiger partial charge in [0.15, 0.2) is 0 Å². The molecule has 0 radical (unpaired) electrons. The lowest BCUT2D eigenvalue weighted by atomic mass is 10.1. The number of halogens is 1. The van der Waals surface area contributed by atoms with Gasteiger partial charge in [-0.1, -0.05) is 66.2 Å². The fourth-order valence-corrected chi connectivity index (χ4v) is 6.52. The fourth-order valence-electron chi connectivity index (χ4n) is 6.35. The fraction of sp³-hybridized carbons (Fsp3) is 0. The van der Waals surface area contributed by atoms with E-state index in [-0.39, 0.29) is 0 Å². The minimum atomic E-state index is 0.685. The van der Waals surface area contributed by atoms with E-state index < -0.39 is 0 Å². The summed E-state index contributed by atoms with van der Waals surface area (Å²) < 4.78 is 14.9. The van der Waals surface area contributed by atoms with Gasteiger partial charge in [-0.05, 0) is 84.9 Å². The van der Waals surface area contributed by atoms with Crippen molar-refractivity contribution in [1.82, 2.24) is 4.57 Å². The first-order valence-electron chi connectivity index (χ1n) is 14.2. The highest BCUT2D eigenvalue weighted by molar-refractivity contribution is 6.32. The first-order valence-corrected chi connectivity index (χ1v) is 14.6. The summed E-state index contributed by atoms with van der Waals surface area (Å²) in [5, 5.41) is 6.04. The van der Waals surface area contributed by atoms with Gasteiger partial charge in [-0.15, -0.1) is 0 Å². The highest BCUT2D eigenvalue weighted by atomic mass is 35.5. The molecule has 5 heteroatoms. The summed E-state index contributed by atoms with van der Waals surface area (Å²) in [5.41, 5.74) is 8.60. The van der Waals surface area contributed by atoms with Gasteiger partial charge >= 0.3 is 0 Å². The Morgan fingerprint density at radius 3 is 2.02 bits per heavy atom. The van der Waals surface area contributed by atoms with Crippen LogP contribution in [0.15, 0.2) is 148 Å². The van der Waals surface area contributed by atoms with Crippen molar-refractivity contribution in [3.63, 3.8) is 0 Å². The summed E-state index contributed by atoms with van der Waals surface area (Å²) in [6.45, 7) is 0. The third-order valence-electron chi connectivity index (χ3n) is 8.23. The third-order valence-corrected chi connectivity index (χ3v) is 8.47. The predicted octanol–water partition coefficient (Wildman–Crippen LogP) is 11.6. The van der Waals surface area contributed by atoms with Crippen LogP contribution in [0.25, 0.3) is 60.6 Å². The Morgan fingerprint density at radius 2 is 1.16 bits per heavy atom. The van der Waals surface area contributed by atoms with Gasteiger partial charge in [0.05, 0.1) is 10.9 Å². The maximum Gasteiger partial charge on any atom is 0.213 e. The molecule has 0 aliphatic heterocycles. The number of furan rings is 2. The van der Waals surface area contributed by atoms with E-state index in [4.69, 9.17) is 20.4 Å². The van der Waals surface area contributed by atoms with E-state index in [1.165, 1.54) is 0 Å². The van der Waals surface area contributed by atoms with E-state index >= 15 is 0 Å². The Hall–Kier alpha value is -5.45. The molecule has 0 N–H and O–H groups in total. The average molecular weight is 575 g/mol. The van der Waals surface area contributed by atoms with Gasteiger partial charge in [0.1, 0.15) is 16.7 Å². The van der Waals surface area contributed by atoms with Gasteiger partial charge in [-0.3, -0.25) is 4.57 Å². The zero-order chi connectivity index (χ0) is 28.5.